The van der Waals surface area contributed by atoms with Crippen molar-refractivity contribution in [2.75, 3.05) is 37.6 Å². The molecule has 3 rings (SSSR count). The Balaban J connectivity index is 1.70. The zero-order valence-corrected chi connectivity index (χ0v) is 18.1. The Morgan fingerprint density at radius 3 is 2.17 bits per heavy atom. The van der Waals surface area contributed by atoms with Crippen LogP contribution in [0.3, 0.4) is 0 Å². The molecule has 156 valence electrons. The Labute approximate surface area is 173 Å². The molecule has 0 aliphatic carbocycles. The van der Waals surface area contributed by atoms with Gasteiger partial charge in [0.1, 0.15) is 0 Å². The molecule has 1 saturated heterocycles. The summed E-state index contributed by atoms with van der Waals surface area (Å²) in [4.78, 5) is 17.3. The van der Waals surface area contributed by atoms with Crippen LogP contribution in [0.15, 0.2) is 59.5 Å². The first kappa shape index (κ1) is 21.3. The molecule has 1 aliphatic rings. The summed E-state index contributed by atoms with van der Waals surface area (Å²) in [5.74, 6) is -0.0589. The maximum atomic E-state index is 12.9. The second-order valence-corrected chi connectivity index (χ2v) is 9.18. The highest BCUT2D eigenvalue weighted by Crippen LogP contribution is 2.22. The number of hydrogen-bond donors (Lipinski definition) is 0. The van der Waals surface area contributed by atoms with Gasteiger partial charge in [0.2, 0.25) is 10.0 Å². The average molecular weight is 416 g/mol. The van der Waals surface area contributed by atoms with Gasteiger partial charge in [0, 0.05) is 50.0 Å². The third-order valence-corrected chi connectivity index (χ3v) is 7.51. The number of sulfonamides is 1. The quantitative estimate of drug-likeness (QED) is 0.728. The van der Waals surface area contributed by atoms with E-state index in [-0.39, 0.29) is 16.8 Å². The predicted molar refractivity (Wildman–Crippen MR) is 116 cm³/mol. The summed E-state index contributed by atoms with van der Waals surface area (Å²) in [5.41, 5.74) is 1.68. The Morgan fingerprint density at radius 1 is 1.00 bits per heavy atom. The Bertz CT molecular complexity index is 926. The van der Waals surface area contributed by atoms with Gasteiger partial charge in [-0.3, -0.25) is 4.79 Å². The number of carbonyl (C=O) groups excluding carboxylic acids is 1. The molecule has 0 bridgehead atoms. The van der Waals surface area contributed by atoms with E-state index in [1.807, 2.05) is 36.9 Å². The first-order valence-corrected chi connectivity index (χ1v) is 11.5. The van der Waals surface area contributed by atoms with Gasteiger partial charge in [-0.15, -0.1) is 0 Å². The molecule has 29 heavy (non-hydrogen) atoms. The Kier molecular flexibility index (Phi) is 6.59. The predicted octanol–water partition coefficient (Wildman–Crippen LogP) is 3.07. The maximum Gasteiger partial charge on any atom is 0.253 e. The molecule has 7 heteroatoms. The molecule has 0 aromatic heterocycles. The van der Waals surface area contributed by atoms with Gasteiger partial charge >= 0.3 is 0 Å². The van der Waals surface area contributed by atoms with E-state index in [0.29, 0.717) is 31.7 Å². The second kappa shape index (κ2) is 8.97. The summed E-state index contributed by atoms with van der Waals surface area (Å²) in [6.07, 6.45) is 0. The summed E-state index contributed by atoms with van der Waals surface area (Å²) in [6, 6.07) is 16.7. The van der Waals surface area contributed by atoms with Gasteiger partial charge in [-0.2, -0.15) is 4.31 Å². The van der Waals surface area contributed by atoms with Crippen LogP contribution in [0.2, 0.25) is 0 Å². The molecule has 2 aromatic carbocycles. The van der Waals surface area contributed by atoms with E-state index in [1.54, 1.807) is 12.1 Å². The van der Waals surface area contributed by atoms with E-state index >= 15 is 0 Å². The fraction of sp³-hybridized carbons (Fsp3) is 0.409. The minimum Gasteiger partial charge on any atom is -0.365 e. The van der Waals surface area contributed by atoms with Crippen molar-refractivity contribution in [1.82, 2.24) is 9.21 Å². The zero-order chi connectivity index (χ0) is 21.0. The van der Waals surface area contributed by atoms with Gasteiger partial charge in [-0.25, -0.2) is 8.42 Å². The molecule has 0 saturated carbocycles. The van der Waals surface area contributed by atoms with Gasteiger partial charge in [0.05, 0.1) is 4.90 Å². The zero-order valence-electron chi connectivity index (χ0n) is 17.3. The molecule has 1 heterocycles. The van der Waals surface area contributed by atoms with Crippen molar-refractivity contribution in [1.29, 1.82) is 0 Å². The van der Waals surface area contributed by atoms with Crippen LogP contribution in [0.5, 0.6) is 0 Å². The van der Waals surface area contributed by atoms with E-state index in [2.05, 4.69) is 24.0 Å². The van der Waals surface area contributed by atoms with Crippen molar-refractivity contribution < 1.29 is 13.2 Å². The van der Waals surface area contributed by atoms with Crippen molar-refractivity contribution >= 4 is 21.6 Å². The fourth-order valence-electron chi connectivity index (χ4n) is 3.81. The number of amides is 1. The standard InChI is InChI=1S/C22H29N3O3S/c1-4-24(5-2)29(27,28)21-13-11-19(12-14-21)22(26)23-15-16-25(18(3)17-23)20-9-7-6-8-10-20/h6-14,18H,4-5,15-17H2,1-3H3. The molecule has 0 radical (unpaired) electrons. The molecule has 1 aliphatic heterocycles. The van der Waals surface area contributed by atoms with Crippen molar-refractivity contribution in [2.45, 2.75) is 31.7 Å². The van der Waals surface area contributed by atoms with Crippen LogP contribution >= 0.6 is 0 Å². The molecule has 6 nitrogen and oxygen atoms in total. The van der Waals surface area contributed by atoms with Crippen LogP contribution < -0.4 is 4.90 Å². The summed E-state index contributed by atoms with van der Waals surface area (Å²) in [7, 11) is -3.51. The van der Waals surface area contributed by atoms with E-state index in [9.17, 15) is 13.2 Å². The molecule has 1 unspecified atom stereocenters. The lowest BCUT2D eigenvalue weighted by Crippen LogP contribution is -2.53. The third-order valence-electron chi connectivity index (χ3n) is 5.45. The largest absolute Gasteiger partial charge is 0.365 e. The van der Waals surface area contributed by atoms with E-state index < -0.39 is 10.0 Å². The van der Waals surface area contributed by atoms with Gasteiger partial charge in [-0.1, -0.05) is 32.0 Å². The molecular formula is C22H29N3O3S. The Hall–Kier alpha value is -2.38. The number of nitrogens with zero attached hydrogens (tertiary/aromatic N) is 3. The summed E-state index contributed by atoms with van der Waals surface area (Å²) in [6.45, 7) is 8.62. The highest BCUT2D eigenvalue weighted by atomic mass is 32.2. The molecule has 0 N–H and O–H groups in total. The fourth-order valence-corrected chi connectivity index (χ4v) is 5.27. The van der Waals surface area contributed by atoms with Crippen molar-refractivity contribution in [3.8, 4) is 0 Å². The van der Waals surface area contributed by atoms with Crippen molar-refractivity contribution in [3.63, 3.8) is 0 Å². The second-order valence-electron chi connectivity index (χ2n) is 7.24. The van der Waals surface area contributed by atoms with Crippen LogP contribution in [0.25, 0.3) is 0 Å². The molecule has 1 amide bonds. The average Bonchev–Trinajstić information content (AvgIpc) is 2.74. The normalized spacial score (nSPS) is 17.6. The maximum absolute atomic E-state index is 12.9. The number of rotatable bonds is 6. The lowest BCUT2D eigenvalue weighted by molar-refractivity contribution is 0.0726. The van der Waals surface area contributed by atoms with E-state index in [4.69, 9.17) is 0 Å². The van der Waals surface area contributed by atoms with Crippen molar-refractivity contribution in [3.05, 3.63) is 60.2 Å². The van der Waals surface area contributed by atoms with Crippen LogP contribution in [0, 0.1) is 0 Å². The third kappa shape index (κ3) is 4.46. The first-order chi connectivity index (χ1) is 13.9. The Morgan fingerprint density at radius 2 is 1.62 bits per heavy atom. The van der Waals surface area contributed by atoms with Gasteiger partial charge < -0.3 is 9.80 Å². The summed E-state index contributed by atoms with van der Waals surface area (Å²) >= 11 is 0. The first-order valence-electron chi connectivity index (χ1n) is 10.1. The van der Waals surface area contributed by atoms with Crippen LogP contribution in [-0.2, 0) is 10.0 Å². The minimum absolute atomic E-state index is 0.0589. The lowest BCUT2D eigenvalue weighted by Gasteiger charge is -2.41. The highest BCUT2D eigenvalue weighted by molar-refractivity contribution is 7.89. The number of para-hydroxylation sites is 1. The number of piperazine rings is 1. The number of anilines is 1. The molecular weight excluding hydrogens is 386 g/mol. The number of hydrogen-bond acceptors (Lipinski definition) is 4. The SMILES string of the molecule is CCN(CC)S(=O)(=O)c1ccc(C(=O)N2CCN(c3ccccc3)C(C)C2)cc1. The topological polar surface area (TPSA) is 60.9 Å². The van der Waals surface area contributed by atoms with Crippen LogP contribution in [0.4, 0.5) is 5.69 Å². The van der Waals surface area contributed by atoms with Gasteiger partial charge in [0.25, 0.3) is 5.91 Å². The van der Waals surface area contributed by atoms with Crippen molar-refractivity contribution in [2.24, 2.45) is 0 Å². The number of carbonyl (C=O) groups is 1. The van der Waals surface area contributed by atoms with E-state index in [1.165, 1.54) is 16.4 Å². The van der Waals surface area contributed by atoms with Crippen LogP contribution in [-0.4, -0.2) is 62.3 Å². The lowest BCUT2D eigenvalue weighted by atomic mass is 10.1. The van der Waals surface area contributed by atoms with Gasteiger partial charge in [0.15, 0.2) is 0 Å². The summed E-state index contributed by atoms with van der Waals surface area (Å²) in [5, 5.41) is 0. The summed E-state index contributed by atoms with van der Waals surface area (Å²) < 4.78 is 26.6. The molecule has 1 atom stereocenters. The van der Waals surface area contributed by atoms with Gasteiger partial charge in [-0.05, 0) is 43.3 Å². The smallest absolute Gasteiger partial charge is 0.253 e. The molecule has 2 aromatic rings. The highest BCUT2D eigenvalue weighted by Gasteiger charge is 2.28. The monoisotopic (exact) mass is 415 g/mol. The van der Waals surface area contributed by atoms with E-state index in [0.717, 1.165) is 12.2 Å². The molecule has 0 spiro atoms. The number of benzene rings is 2. The minimum atomic E-state index is -3.51. The molecule has 1 fully saturated rings. The van der Waals surface area contributed by atoms with Crippen LogP contribution in [0.1, 0.15) is 31.1 Å².